The fraction of sp³-hybridized carbons (Fsp3) is 0.500. The first-order chi connectivity index (χ1) is 13.3. The zero-order chi connectivity index (χ0) is 19.2. The molecular formula is C24H35N3. The van der Waals surface area contributed by atoms with E-state index in [1.54, 1.807) is 0 Å². The van der Waals surface area contributed by atoms with Gasteiger partial charge in [-0.1, -0.05) is 70.6 Å². The van der Waals surface area contributed by atoms with E-state index in [-0.39, 0.29) is 0 Å². The Hall–Kier alpha value is -2.16. The largest absolute Gasteiger partial charge is 0.372 e. The normalized spacial score (nSPS) is 11.2. The molecule has 0 aliphatic heterocycles. The molecule has 0 saturated heterocycles. The maximum atomic E-state index is 4.36. The molecule has 0 amide bonds. The van der Waals surface area contributed by atoms with Crippen molar-refractivity contribution in [2.45, 2.75) is 65.2 Å². The molecule has 0 unspecified atom stereocenters. The van der Waals surface area contributed by atoms with Gasteiger partial charge in [0.2, 0.25) is 0 Å². The van der Waals surface area contributed by atoms with Gasteiger partial charge in [-0.15, -0.1) is 0 Å². The van der Waals surface area contributed by atoms with Crippen LogP contribution in [0.1, 0.15) is 65.2 Å². The topological polar surface area (TPSA) is 28.0 Å². The van der Waals surface area contributed by atoms with Gasteiger partial charge >= 0.3 is 0 Å². The fourth-order valence-corrected chi connectivity index (χ4v) is 3.17. The van der Waals surface area contributed by atoms with E-state index in [1.807, 2.05) is 30.3 Å². The van der Waals surface area contributed by atoms with Gasteiger partial charge in [0.25, 0.3) is 0 Å². The first-order valence-electron chi connectivity index (χ1n) is 10.6. The molecule has 2 aromatic carbocycles. The summed E-state index contributed by atoms with van der Waals surface area (Å²) in [6.07, 6.45) is 10.4. The number of rotatable bonds is 13. The van der Waals surface area contributed by atoms with Gasteiger partial charge in [0, 0.05) is 18.8 Å². The van der Waals surface area contributed by atoms with Crippen LogP contribution in [-0.2, 0) is 0 Å². The zero-order valence-corrected chi connectivity index (χ0v) is 17.1. The number of hydrogen-bond acceptors (Lipinski definition) is 3. The highest BCUT2D eigenvalue weighted by molar-refractivity contribution is 5.53. The van der Waals surface area contributed by atoms with E-state index >= 15 is 0 Å². The summed E-state index contributed by atoms with van der Waals surface area (Å²) in [5.74, 6) is 0. The van der Waals surface area contributed by atoms with Gasteiger partial charge < -0.3 is 4.90 Å². The predicted octanol–water partition coefficient (Wildman–Crippen LogP) is 8.07. The molecule has 0 spiro atoms. The first kappa shape index (κ1) is 21.1. The van der Waals surface area contributed by atoms with Crippen LogP contribution in [0.3, 0.4) is 0 Å². The molecule has 0 radical (unpaired) electrons. The molecule has 146 valence electrons. The van der Waals surface area contributed by atoms with E-state index in [4.69, 9.17) is 0 Å². The number of azo groups is 1. The SMILES string of the molecule is CCCCCCN(CCCCCC)c1ccc(/N=N/c2ccccc2)cc1. The maximum absolute atomic E-state index is 4.36. The van der Waals surface area contributed by atoms with E-state index < -0.39 is 0 Å². The van der Waals surface area contributed by atoms with Gasteiger partial charge in [0.15, 0.2) is 0 Å². The highest BCUT2D eigenvalue weighted by Crippen LogP contribution is 2.23. The Balaban J connectivity index is 1.95. The summed E-state index contributed by atoms with van der Waals surface area (Å²) in [4.78, 5) is 2.55. The van der Waals surface area contributed by atoms with Crippen molar-refractivity contribution in [2.75, 3.05) is 18.0 Å². The molecule has 0 heterocycles. The Morgan fingerprint density at radius 3 is 1.63 bits per heavy atom. The second kappa shape index (κ2) is 13.1. The van der Waals surface area contributed by atoms with Gasteiger partial charge in [0.1, 0.15) is 0 Å². The van der Waals surface area contributed by atoms with Crippen molar-refractivity contribution in [3.63, 3.8) is 0 Å². The molecular weight excluding hydrogens is 330 g/mol. The minimum absolute atomic E-state index is 0.884. The molecule has 2 aromatic rings. The molecule has 2 rings (SSSR count). The quantitative estimate of drug-likeness (QED) is 0.260. The molecule has 0 aromatic heterocycles. The standard InChI is InChI=1S/C24H35N3/c1-3-5-7-12-20-27(21-13-8-6-4-2)24-18-16-23(17-19-24)26-25-22-14-10-9-11-15-22/h9-11,14-19H,3-8,12-13,20-21H2,1-2H3/b26-25+. The van der Waals surface area contributed by atoms with Crippen LogP contribution in [-0.4, -0.2) is 13.1 Å². The summed E-state index contributed by atoms with van der Waals surface area (Å²) in [5, 5.41) is 8.66. The summed E-state index contributed by atoms with van der Waals surface area (Å²) in [5.41, 5.74) is 3.09. The van der Waals surface area contributed by atoms with Crippen molar-refractivity contribution in [3.8, 4) is 0 Å². The number of hydrogen-bond donors (Lipinski definition) is 0. The molecule has 0 aliphatic carbocycles. The Labute approximate surface area is 165 Å². The van der Waals surface area contributed by atoms with Crippen LogP contribution in [0.5, 0.6) is 0 Å². The minimum Gasteiger partial charge on any atom is -0.372 e. The Kier molecular flexibility index (Phi) is 10.2. The van der Waals surface area contributed by atoms with Crippen LogP contribution in [0.15, 0.2) is 64.8 Å². The van der Waals surface area contributed by atoms with Crippen molar-refractivity contribution >= 4 is 17.1 Å². The third-order valence-electron chi connectivity index (χ3n) is 4.82. The summed E-state index contributed by atoms with van der Waals surface area (Å²) in [7, 11) is 0. The highest BCUT2D eigenvalue weighted by Gasteiger charge is 2.06. The third kappa shape index (κ3) is 8.38. The summed E-state index contributed by atoms with van der Waals surface area (Å²) in [6, 6.07) is 18.4. The smallest absolute Gasteiger partial charge is 0.0858 e. The lowest BCUT2D eigenvalue weighted by Crippen LogP contribution is -2.25. The van der Waals surface area contributed by atoms with E-state index in [0.717, 1.165) is 24.5 Å². The van der Waals surface area contributed by atoms with Crippen LogP contribution < -0.4 is 4.90 Å². The summed E-state index contributed by atoms with van der Waals surface area (Å²) < 4.78 is 0. The predicted molar refractivity (Wildman–Crippen MR) is 118 cm³/mol. The van der Waals surface area contributed by atoms with Gasteiger partial charge in [-0.2, -0.15) is 10.2 Å². The Morgan fingerprint density at radius 1 is 0.593 bits per heavy atom. The van der Waals surface area contributed by atoms with E-state index in [2.05, 4.69) is 53.2 Å². The number of anilines is 1. The van der Waals surface area contributed by atoms with Crippen molar-refractivity contribution in [3.05, 3.63) is 54.6 Å². The molecule has 0 atom stereocenters. The average Bonchev–Trinajstić information content (AvgIpc) is 2.72. The van der Waals surface area contributed by atoms with Crippen LogP contribution in [0.2, 0.25) is 0 Å². The van der Waals surface area contributed by atoms with E-state index in [0.29, 0.717) is 0 Å². The van der Waals surface area contributed by atoms with Crippen molar-refractivity contribution < 1.29 is 0 Å². The number of unbranched alkanes of at least 4 members (excludes halogenated alkanes) is 6. The van der Waals surface area contributed by atoms with Gasteiger partial charge in [-0.3, -0.25) is 0 Å². The minimum atomic E-state index is 0.884. The van der Waals surface area contributed by atoms with Crippen LogP contribution >= 0.6 is 0 Å². The van der Waals surface area contributed by atoms with Crippen LogP contribution in [0, 0.1) is 0 Å². The molecule has 0 N–H and O–H groups in total. The lowest BCUT2D eigenvalue weighted by Gasteiger charge is -2.25. The second-order valence-electron chi connectivity index (χ2n) is 7.16. The molecule has 0 fully saturated rings. The van der Waals surface area contributed by atoms with Crippen LogP contribution in [0.25, 0.3) is 0 Å². The first-order valence-corrected chi connectivity index (χ1v) is 10.6. The second-order valence-corrected chi connectivity index (χ2v) is 7.16. The van der Waals surface area contributed by atoms with Crippen molar-refractivity contribution in [2.24, 2.45) is 10.2 Å². The lowest BCUT2D eigenvalue weighted by molar-refractivity contribution is 0.609. The highest BCUT2D eigenvalue weighted by atomic mass is 15.1. The lowest BCUT2D eigenvalue weighted by atomic mass is 10.1. The van der Waals surface area contributed by atoms with Gasteiger partial charge in [0.05, 0.1) is 11.4 Å². The molecule has 0 bridgehead atoms. The van der Waals surface area contributed by atoms with Gasteiger partial charge in [-0.25, -0.2) is 0 Å². The average molecular weight is 366 g/mol. The fourth-order valence-electron chi connectivity index (χ4n) is 3.17. The molecule has 0 aliphatic rings. The maximum Gasteiger partial charge on any atom is 0.0858 e. The molecule has 3 nitrogen and oxygen atoms in total. The van der Waals surface area contributed by atoms with Gasteiger partial charge in [-0.05, 0) is 49.2 Å². The summed E-state index contributed by atoms with van der Waals surface area (Å²) >= 11 is 0. The number of benzene rings is 2. The molecule has 0 saturated carbocycles. The third-order valence-corrected chi connectivity index (χ3v) is 4.82. The molecule has 27 heavy (non-hydrogen) atoms. The zero-order valence-electron chi connectivity index (χ0n) is 17.1. The van der Waals surface area contributed by atoms with Crippen molar-refractivity contribution in [1.82, 2.24) is 0 Å². The van der Waals surface area contributed by atoms with E-state index in [1.165, 1.54) is 57.1 Å². The number of nitrogens with zero attached hydrogens (tertiary/aromatic N) is 3. The Morgan fingerprint density at radius 2 is 1.11 bits per heavy atom. The molecule has 3 heteroatoms. The van der Waals surface area contributed by atoms with Crippen LogP contribution in [0.4, 0.5) is 17.1 Å². The monoisotopic (exact) mass is 365 g/mol. The van der Waals surface area contributed by atoms with E-state index in [9.17, 15) is 0 Å². The Bertz CT molecular complexity index is 622. The van der Waals surface area contributed by atoms with Crippen molar-refractivity contribution in [1.29, 1.82) is 0 Å². The summed E-state index contributed by atoms with van der Waals surface area (Å²) in [6.45, 7) is 6.84.